The van der Waals surface area contributed by atoms with Gasteiger partial charge in [0, 0.05) is 12.6 Å². The molecule has 4 nitrogen and oxygen atoms in total. The number of hydrogen-bond acceptors (Lipinski definition) is 3. The molecule has 1 N–H and O–H groups in total. The average molecular weight is 244 g/mol. The van der Waals surface area contributed by atoms with Crippen LogP contribution in [0, 0.1) is 27.7 Å². The van der Waals surface area contributed by atoms with Crippen molar-refractivity contribution < 1.29 is 9.21 Å². The zero-order valence-corrected chi connectivity index (χ0v) is 11.0. The molecule has 0 unspecified atom stereocenters. The third-order valence-corrected chi connectivity index (χ3v) is 2.59. The van der Waals surface area contributed by atoms with E-state index in [1.807, 2.05) is 26.0 Å². The zero-order chi connectivity index (χ0) is 13.3. The quantitative estimate of drug-likeness (QED) is 0.882. The lowest BCUT2D eigenvalue weighted by Gasteiger charge is -2.06. The van der Waals surface area contributed by atoms with Crippen LogP contribution >= 0.6 is 0 Å². The summed E-state index contributed by atoms with van der Waals surface area (Å²) in [5.74, 6) is 0.503. The number of aryl methyl sites for hydroxylation is 4. The average Bonchev–Trinajstić information content (AvgIpc) is 2.56. The molecule has 0 aliphatic heterocycles. The number of oxazole rings is 1. The van der Waals surface area contributed by atoms with E-state index in [0.29, 0.717) is 11.6 Å². The molecule has 0 aliphatic carbocycles. The molecule has 0 bridgehead atoms. The first-order valence-corrected chi connectivity index (χ1v) is 5.79. The minimum atomic E-state index is -0.266. The summed E-state index contributed by atoms with van der Waals surface area (Å²) in [5.41, 5.74) is 3.59. The third-order valence-electron chi connectivity index (χ3n) is 2.59. The highest BCUT2D eigenvalue weighted by Gasteiger charge is 2.16. The summed E-state index contributed by atoms with van der Waals surface area (Å²) in [4.78, 5) is 16.1. The van der Waals surface area contributed by atoms with E-state index in [0.717, 1.165) is 16.8 Å². The van der Waals surface area contributed by atoms with Crippen molar-refractivity contribution in [2.24, 2.45) is 0 Å². The molecule has 0 saturated heterocycles. The molecule has 2 aromatic rings. The second-order valence-electron chi connectivity index (χ2n) is 4.48. The van der Waals surface area contributed by atoms with Crippen molar-refractivity contribution in [3.8, 4) is 0 Å². The summed E-state index contributed by atoms with van der Waals surface area (Å²) in [6.07, 6.45) is 0. The van der Waals surface area contributed by atoms with Crippen LogP contribution in [0.25, 0.3) is 0 Å². The van der Waals surface area contributed by atoms with Crippen molar-refractivity contribution >= 4 is 11.6 Å². The monoisotopic (exact) mass is 244 g/mol. The summed E-state index contributed by atoms with van der Waals surface area (Å²) in [7, 11) is 0. The van der Waals surface area contributed by atoms with E-state index in [1.54, 1.807) is 13.8 Å². The predicted octanol–water partition coefficient (Wildman–Crippen LogP) is 3.16. The largest absolute Gasteiger partial charge is 0.436 e. The fourth-order valence-electron chi connectivity index (χ4n) is 1.98. The van der Waals surface area contributed by atoms with Gasteiger partial charge in [0.25, 0.3) is 5.91 Å². The van der Waals surface area contributed by atoms with E-state index in [1.165, 1.54) is 0 Å². The number of benzene rings is 1. The van der Waals surface area contributed by atoms with Gasteiger partial charge < -0.3 is 9.73 Å². The van der Waals surface area contributed by atoms with Crippen LogP contribution in [-0.2, 0) is 0 Å². The Kier molecular flexibility index (Phi) is 3.19. The summed E-state index contributed by atoms with van der Waals surface area (Å²) >= 11 is 0. The van der Waals surface area contributed by atoms with Crippen LogP contribution in [0.3, 0.4) is 0 Å². The second-order valence-corrected chi connectivity index (χ2v) is 4.48. The normalized spacial score (nSPS) is 10.4. The Hall–Kier alpha value is -2.10. The number of hydrogen-bond donors (Lipinski definition) is 1. The SMILES string of the molecule is Cc1cc(C)cc(NC(=O)c2oc(C)nc2C)c1. The van der Waals surface area contributed by atoms with Gasteiger partial charge in [0.15, 0.2) is 5.89 Å². The van der Waals surface area contributed by atoms with Crippen molar-refractivity contribution in [2.45, 2.75) is 27.7 Å². The number of rotatable bonds is 2. The van der Waals surface area contributed by atoms with Crippen LogP contribution in [0.15, 0.2) is 22.6 Å². The van der Waals surface area contributed by atoms with E-state index in [2.05, 4.69) is 16.4 Å². The lowest BCUT2D eigenvalue weighted by Crippen LogP contribution is -2.12. The van der Waals surface area contributed by atoms with Crippen LogP contribution in [0.2, 0.25) is 0 Å². The molecule has 1 aromatic carbocycles. The van der Waals surface area contributed by atoms with Gasteiger partial charge in [-0.15, -0.1) is 0 Å². The van der Waals surface area contributed by atoms with Crippen molar-refractivity contribution in [1.82, 2.24) is 4.98 Å². The first-order chi connectivity index (χ1) is 8.45. The van der Waals surface area contributed by atoms with Crippen LogP contribution < -0.4 is 5.32 Å². The maximum absolute atomic E-state index is 12.0. The number of carbonyl (C=O) groups excluding carboxylic acids is 1. The van der Waals surface area contributed by atoms with E-state index in [4.69, 9.17) is 4.42 Å². The lowest BCUT2D eigenvalue weighted by molar-refractivity contribution is 0.0994. The van der Waals surface area contributed by atoms with E-state index in [-0.39, 0.29) is 11.7 Å². The topological polar surface area (TPSA) is 55.1 Å². The number of nitrogens with one attached hydrogen (secondary N) is 1. The summed E-state index contributed by atoms with van der Waals surface area (Å²) < 4.78 is 5.29. The lowest BCUT2D eigenvalue weighted by atomic mass is 10.1. The summed E-state index contributed by atoms with van der Waals surface area (Å²) in [6.45, 7) is 7.46. The molecule has 0 fully saturated rings. The minimum absolute atomic E-state index is 0.266. The van der Waals surface area contributed by atoms with Gasteiger partial charge in [-0.1, -0.05) is 6.07 Å². The van der Waals surface area contributed by atoms with Gasteiger partial charge in [-0.3, -0.25) is 4.79 Å². The number of carbonyl (C=O) groups is 1. The Morgan fingerprint density at radius 2 is 1.72 bits per heavy atom. The van der Waals surface area contributed by atoms with Gasteiger partial charge in [-0.25, -0.2) is 4.98 Å². The Balaban J connectivity index is 2.23. The summed E-state index contributed by atoms with van der Waals surface area (Å²) in [6, 6.07) is 5.90. The first kappa shape index (κ1) is 12.4. The molecule has 94 valence electrons. The molecular weight excluding hydrogens is 228 g/mol. The highest BCUT2D eigenvalue weighted by molar-refractivity contribution is 6.03. The summed E-state index contributed by atoms with van der Waals surface area (Å²) in [5, 5.41) is 2.82. The minimum Gasteiger partial charge on any atom is -0.436 e. The van der Waals surface area contributed by atoms with Crippen molar-refractivity contribution in [3.05, 3.63) is 46.7 Å². The molecule has 0 aliphatic rings. The molecule has 18 heavy (non-hydrogen) atoms. The molecule has 1 heterocycles. The molecule has 0 saturated carbocycles. The van der Waals surface area contributed by atoms with Crippen LogP contribution in [-0.4, -0.2) is 10.9 Å². The molecule has 1 amide bonds. The Morgan fingerprint density at radius 3 is 2.22 bits per heavy atom. The molecule has 1 aromatic heterocycles. The van der Waals surface area contributed by atoms with Crippen molar-refractivity contribution in [1.29, 1.82) is 0 Å². The van der Waals surface area contributed by atoms with Crippen LogP contribution in [0.5, 0.6) is 0 Å². The smallest absolute Gasteiger partial charge is 0.293 e. The first-order valence-electron chi connectivity index (χ1n) is 5.79. The number of amides is 1. The van der Waals surface area contributed by atoms with Gasteiger partial charge in [0.05, 0.1) is 5.69 Å². The Labute approximate surface area is 106 Å². The molecule has 0 atom stereocenters. The van der Waals surface area contributed by atoms with Gasteiger partial charge in [-0.2, -0.15) is 0 Å². The van der Waals surface area contributed by atoms with Gasteiger partial charge in [0.2, 0.25) is 5.76 Å². The second kappa shape index (κ2) is 4.64. The Morgan fingerprint density at radius 1 is 1.11 bits per heavy atom. The van der Waals surface area contributed by atoms with Crippen molar-refractivity contribution in [3.63, 3.8) is 0 Å². The molecule has 0 radical (unpaired) electrons. The van der Waals surface area contributed by atoms with Crippen molar-refractivity contribution in [2.75, 3.05) is 5.32 Å². The maximum Gasteiger partial charge on any atom is 0.293 e. The fraction of sp³-hybridized carbons (Fsp3) is 0.286. The molecule has 2 rings (SSSR count). The zero-order valence-electron chi connectivity index (χ0n) is 11.0. The highest BCUT2D eigenvalue weighted by Crippen LogP contribution is 2.16. The maximum atomic E-state index is 12.0. The fourth-order valence-corrected chi connectivity index (χ4v) is 1.98. The van der Waals surface area contributed by atoms with E-state index >= 15 is 0 Å². The van der Waals surface area contributed by atoms with Gasteiger partial charge >= 0.3 is 0 Å². The predicted molar refractivity (Wildman–Crippen MR) is 69.8 cm³/mol. The van der Waals surface area contributed by atoms with Gasteiger partial charge in [-0.05, 0) is 44.0 Å². The van der Waals surface area contributed by atoms with Crippen LogP contribution in [0.4, 0.5) is 5.69 Å². The van der Waals surface area contributed by atoms with Crippen LogP contribution in [0.1, 0.15) is 33.3 Å². The standard InChI is InChI=1S/C14H16N2O2/c1-8-5-9(2)7-12(6-8)16-14(17)13-10(3)15-11(4)18-13/h5-7H,1-4H3,(H,16,17). The van der Waals surface area contributed by atoms with Gasteiger partial charge in [0.1, 0.15) is 0 Å². The Bertz CT molecular complexity index is 580. The molecular formula is C14H16N2O2. The number of aromatic nitrogens is 1. The van der Waals surface area contributed by atoms with E-state index < -0.39 is 0 Å². The number of nitrogens with zero attached hydrogens (tertiary/aromatic N) is 1. The number of anilines is 1. The highest BCUT2D eigenvalue weighted by atomic mass is 16.4. The van der Waals surface area contributed by atoms with E-state index in [9.17, 15) is 4.79 Å². The third kappa shape index (κ3) is 2.59. The molecule has 4 heteroatoms. The molecule has 0 spiro atoms.